The molecule has 116 valence electrons. The molecule has 1 aliphatic heterocycles. The number of benzene rings is 1. The highest BCUT2D eigenvalue weighted by Crippen LogP contribution is 2.29. The monoisotopic (exact) mass is 294 g/mol. The molecule has 5 heteroatoms. The highest BCUT2D eigenvalue weighted by Gasteiger charge is 2.22. The van der Waals surface area contributed by atoms with Gasteiger partial charge in [0.25, 0.3) is 0 Å². The second-order valence-electron chi connectivity index (χ2n) is 5.71. The van der Waals surface area contributed by atoms with Crippen LogP contribution in [0.3, 0.4) is 0 Å². The molecule has 0 bridgehead atoms. The lowest BCUT2D eigenvalue weighted by Gasteiger charge is -2.31. The number of nitrogens with zero attached hydrogens (tertiary/aromatic N) is 1. The van der Waals surface area contributed by atoms with Crippen molar-refractivity contribution < 1.29 is 14.3 Å². The van der Waals surface area contributed by atoms with Crippen LogP contribution in [-0.2, 0) is 4.79 Å². The number of hydrogen-bond acceptors (Lipinski definition) is 3. The van der Waals surface area contributed by atoms with Crippen molar-refractivity contribution in [3.05, 3.63) is 35.4 Å². The quantitative estimate of drug-likeness (QED) is 0.889. The molecule has 2 atom stereocenters. The van der Waals surface area contributed by atoms with Crippen LogP contribution >= 0.6 is 0 Å². The Morgan fingerprint density at radius 1 is 1.38 bits per heavy atom. The summed E-state index contributed by atoms with van der Waals surface area (Å²) in [6, 6.07) is 6.68. The summed E-state index contributed by atoms with van der Waals surface area (Å²) in [6.45, 7) is 2.44. The van der Waals surface area contributed by atoms with Crippen molar-refractivity contribution in [2.24, 2.45) is 5.73 Å². The predicted molar refractivity (Wildman–Crippen MR) is 79.6 cm³/mol. The van der Waals surface area contributed by atoms with Crippen LogP contribution in [-0.4, -0.2) is 41.7 Å². The first kappa shape index (κ1) is 15.9. The Labute approximate surface area is 124 Å². The summed E-state index contributed by atoms with van der Waals surface area (Å²) in [4.78, 5) is 13.2. The molecule has 3 N–H and O–H groups in total. The van der Waals surface area contributed by atoms with Crippen LogP contribution in [0.4, 0.5) is 4.39 Å². The molecule has 4 nitrogen and oxygen atoms in total. The van der Waals surface area contributed by atoms with Crippen LogP contribution in [0, 0.1) is 0 Å². The van der Waals surface area contributed by atoms with Crippen molar-refractivity contribution in [2.75, 3.05) is 19.8 Å². The van der Waals surface area contributed by atoms with E-state index >= 15 is 0 Å². The van der Waals surface area contributed by atoms with Crippen LogP contribution in [0.2, 0.25) is 0 Å². The molecule has 0 aliphatic carbocycles. The van der Waals surface area contributed by atoms with E-state index in [0.717, 1.165) is 25.9 Å². The van der Waals surface area contributed by atoms with E-state index in [1.54, 1.807) is 6.92 Å². The van der Waals surface area contributed by atoms with E-state index in [1.807, 2.05) is 29.2 Å². The number of likely N-dealkylation sites (tertiary alicyclic amines) is 1. The highest BCUT2D eigenvalue weighted by molar-refractivity contribution is 5.73. The first-order valence-electron chi connectivity index (χ1n) is 7.38. The summed E-state index contributed by atoms with van der Waals surface area (Å²) in [6.07, 6.45) is 0.931. The molecule has 2 rings (SSSR count). The minimum atomic E-state index is -0.969. The second-order valence-corrected chi connectivity index (χ2v) is 5.71. The first-order valence-corrected chi connectivity index (χ1v) is 7.38. The molecular weight excluding hydrogens is 271 g/mol. The Kier molecular flexibility index (Phi) is 5.31. The SMILES string of the molecule is CC(=O)N1CCC(c2ccc([C@@H](O)[C@H](N)CF)cc2)CC1. The number of carbonyl (C=O) groups is 1. The molecule has 0 unspecified atom stereocenters. The smallest absolute Gasteiger partial charge is 0.219 e. The number of nitrogens with two attached hydrogens (primary N) is 1. The Bertz CT molecular complexity index is 470. The van der Waals surface area contributed by atoms with Gasteiger partial charge in [0, 0.05) is 20.0 Å². The van der Waals surface area contributed by atoms with E-state index in [-0.39, 0.29) is 5.91 Å². The van der Waals surface area contributed by atoms with Gasteiger partial charge in [-0.2, -0.15) is 0 Å². The largest absolute Gasteiger partial charge is 0.387 e. The van der Waals surface area contributed by atoms with Gasteiger partial charge in [0.2, 0.25) is 5.91 Å². The number of rotatable bonds is 4. The van der Waals surface area contributed by atoms with Crippen molar-refractivity contribution in [3.8, 4) is 0 Å². The van der Waals surface area contributed by atoms with Crippen LogP contribution in [0.15, 0.2) is 24.3 Å². The molecule has 0 aromatic heterocycles. The number of aliphatic hydroxyl groups is 1. The van der Waals surface area contributed by atoms with E-state index in [9.17, 15) is 14.3 Å². The van der Waals surface area contributed by atoms with E-state index in [2.05, 4.69) is 0 Å². The Balaban J connectivity index is 1.98. The van der Waals surface area contributed by atoms with Crippen molar-refractivity contribution in [3.63, 3.8) is 0 Å². The van der Waals surface area contributed by atoms with Gasteiger partial charge in [-0.25, -0.2) is 4.39 Å². The Morgan fingerprint density at radius 3 is 2.43 bits per heavy atom. The highest BCUT2D eigenvalue weighted by atomic mass is 19.1. The van der Waals surface area contributed by atoms with Gasteiger partial charge in [-0.3, -0.25) is 4.79 Å². The maximum atomic E-state index is 12.5. The molecule has 0 saturated carbocycles. The van der Waals surface area contributed by atoms with Crippen LogP contribution in [0.5, 0.6) is 0 Å². The first-order chi connectivity index (χ1) is 10.0. The zero-order valence-electron chi connectivity index (χ0n) is 12.3. The van der Waals surface area contributed by atoms with Crippen molar-refractivity contribution in [1.82, 2.24) is 4.90 Å². The number of piperidine rings is 1. The standard InChI is InChI=1S/C16H23FN2O2/c1-11(20)19-8-6-13(7-9-19)12-2-4-14(5-3-12)16(21)15(18)10-17/h2-5,13,15-16,21H,6-10,18H2,1H3/t15-,16-/m1/s1. The minimum absolute atomic E-state index is 0.132. The van der Waals surface area contributed by atoms with Crippen molar-refractivity contribution in [1.29, 1.82) is 0 Å². The predicted octanol–water partition coefficient (Wildman–Crippen LogP) is 1.74. The van der Waals surface area contributed by atoms with Gasteiger partial charge < -0.3 is 15.7 Å². The van der Waals surface area contributed by atoms with Gasteiger partial charge in [-0.05, 0) is 29.9 Å². The van der Waals surface area contributed by atoms with E-state index in [4.69, 9.17) is 5.73 Å². The Hall–Kier alpha value is -1.46. The van der Waals surface area contributed by atoms with Crippen LogP contribution in [0.1, 0.15) is 42.9 Å². The summed E-state index contributed by atoms with van der Waals surface area (Å²) >= 11 is 0. The fraction of sp³-hybridized carbons (Fsp3) is 0.562. The third-order valence-corrected chi connectivity index (χ3v) is 4.27. The van der Waals surface area contributed by atoms with Crippen LogP contribution in [0.25, 0.3) is 0 Å². The average molecular weight is 294 g/mol. The van der Waals surface area contributed by atoms with Gasteiger partial charge in [0.05, 0.1) is 12.1 Å². The molecule has 0 spiro atoms. The minimum Gasteiger partial charge on any atom is -0.387 e. The number of alkyl halides is 1. The molecule has 1 fully saturated rings. The Morgan fingerprint density at radius 2 is 1.95 bits per heavy atom. The lowest BCUT2D eigenvalue weighted by molar-refractivity contribution is -0.129. The molecule has 1 saturated heterocycles. The lowest BCUT2D eigenvalue weighted by Crippen LogP contribution is -2.36. The number of amides is 1. The summed E-state index contributed by atoms with van der Waals surface area (Å²) < 4.78 is 12.5. The van der Waals surface area contributed by atoms with Gasteiger partial charge in [0.15, 0.2) is 0 Å². The van der Waals surface area contributed by atoms with Gasteiger partial charge in [0.1, 0.15) is 6.67 Å². The maximum absolute atomic E-state index is 12.5. The zero-order chi connectivity index (χ0) is 15.4. The summed E-state index contributed by atoms with van der Waals surface area (Å²) in [5.74, 6) is 0.564. The molecule has 1 aromatic carbocycles. The fourth-order valence-corrected chi connectivity index (χ4v) is 2.82. The maximum Gasteiger partial charge on any atom is 0.219 e. The lowest BCUT2D eigenvalue weighted by atomic mass is 9.88. The van der Waals surface area contributed by atoms with E-state index in [1.165, 1.54) is 5.56 Å². The van der Waals surface area contributed by atoms with E-state index in [0.29, 0.717) is 11.5 Å². The third-order valence-electron chi connectivity index (χ3n) is 4.27. The summed E-state index contributed by atoms with van der Waals surface area (Å²) in [5, 5.41) is 9.88. The van der Waals surface area contributed by atoms with E-state index < -0.39 is 18.8 Å². The molecular formula is C16H23FN2O2. The molecule has 21 heavy (non-hydrogen) atoms. The molecule has 0 radical (unpaired) electrons. The zero-order valence-corrected chi connectivity index (χ0v) is 12.3. The number of hydrogen-bond donors (Lipinski definition) is 2. The van der Waals surface area contributed by atoms with Crippen molar-refractivity contribution >= 4 is 5.91 Å². The molecule has 1 aromatic rings. The normalized spacial score (nSPS) is 19.3. The molecule has 1 heterocycles. The average Bonchev–Trinajstić information content (AvgIpc) is 2.53. The fourth-order valence-electron chi connectivity index (χ4n) is 2.82. The van der Waals surface area contributed by atoms with Crippen LogP contribution < -0.4 is 5.73 Å². The van der Waals surface area contributed by atoms with Crippen molar-refractivity contribution in [2.45, 2.75) is 37.8 Å². The van der Waals surface area contributed by atoms with Gasteiger partial charge in [-0.15, -0.1) is 0 Å². The summed E-state index contributed by atoms with van der Waals surface area (Å²) in [5.41, 5.74) is 7.35. The number of carbonyl (C=O) groups excluding carboxylic acids is 1. The topological polar surface area (TPSA) is 66.6 Å². The van der Waals surface area contributed by atoms with Gasteiger partial charge in [-0.1, -0.05) is 24.3 Å². The molecule has 1 amide bonds. The molecule has 1 aliphatic rings. The second kappa shape index (κ2) is 7.00. The third kappa shape index (κ3) is 3.80. The number of aliphatic hydroxyl groups excluding tert-OH is 1. The summed E-state index contributed by atoms with van der Waals surface area (Å²) in [7, 11) is 0. The van der Waals surface area contributed by atoms with Gasteiger partial charge >= 0.3 is 0 Å². The number of halogens is 1.